The summed E-state index contributed by atoms with van der Waals surface area (Å²) in [5, 5.41) is 10.6. The predicted molar refractivity (Wildman–Crippen MR) is 77.9 cm³/mol. The first-order valence-electron chi connectivity index (χ1n) is 6.62. The summed E-state index contributed by atoms with van der Waals surface area (Å²) in [6.45, 7) is 4.06. The molecule has 5 heteroatoms. The van der Waals surface area contributed by atoms with Crippen molar-refractivity contribution >= 4 is 26.7 Å². The number of thiazole rings is 1. The van der Waals surface area contributed by atoms with Gasteiger partial charge in [0.2, 0.25) is 0 Å². The number of aromatic nitrogens is 1. The molecule has 1 aliphatic heterocycles. The fourth-order valence-electron chi connectivity index (χ4n) is 2.48. The van der Waals surface area contributed by atoms with Crippen LogP contribution in [0.1, 0.15) is 13.3 Å². The molecule has 2 unspecified atom stereocenters. The van der Waals surface area contributed by atoms with E-state index in [-0.39, 0.29) is 12.1 Å². The molecular formula is C14H18N2O2S. The summed E-state index contributed by atoms with van der Waals surface area (Å²) in [5.74, 6) is 0. The Balaban J connectivity index is 1.89. The van der Waals surface area contributed by atoms with Crippen LogP contribution in [-0.2, 0) is 4.74 Å². The van der Waals surface area contributed by atoms with Crippen LogP contribution in [0.15, 0.2) is 24.3 Å². The van der Waals surface area contributed by atoms with Gasteiger partial charge >= 0.3 is 0 Å². The molecule has 0 spiro atoms. The zero-order valence-electron chi connectivity index (χ0n) is 11.0. The number of rotatable bonds is 3. The molecule has 1 aliphatic rings. The molecule has 0 amide bonds. The normalized spacial score (nSPS) is 21.8. The summed E-state index contributed by atoms with van der Waals surface area (Å²) >= 11 is 1.71. The number of hydrogen-bond acceptors (Lipinski definition) is 5. The van der Waals surface area contributed by atoms with Crippen molar-refractivity contribution in [3.63, 3.8) is 0 Å². The lowest BCUT2D eigenvalue weighted by Gasteiger charge is -2.36. The van der Waals surface area contributed by atoms with E-state index < -0.39 is 0 Å². The van der Waals surface area contributed by atoms with Crippen LogP contribution < -0.4 is 4.90 Å². The van der Waals surface area contributed by atoms with Gasteiger partial charge in [-0.25, -0.2) is 4.98 Å². The Morgan fingerprint density at radius 2 is 2.37 bits per heavy atom. The third-order valence-corrected chi connectivity index (χ3v) is 4.44. The van der Waals surface area contributed by atoms with Gasteiger partial charge in [-0.2, -0.15) is 0 Å². The predicted octanol–water partition coefficient (Wildman–Crippen LogP) is 2.27. The number of benzene rings is 1. The highest BCUT2D eigenvalue weighted by Gasteiger charge is 2.26. The Bertz CT molecular complexity index is 522. The second-order valence-corrected chi connectivity index (χ2v) is 5.98. The second-order valence-electron chi connectivity index (χ2n) is 4.97. The van der Waals surface area contributed by atoms with E-state index in [1.807, 2.05) is 25.1 Å². The summed E-state index contributed by atoms with van der Waals surface area (Å²) in [4.78, 5) is 6.98. The molecule has 0 aliphatic carbocycles. The van der Waals surface area contributed by atoms with E-state index in [9.17, 15) is 5.11 Å². The van der Waals surface area contributed by atoms with E-state index in [1.165, 1.54) is 4.70 Å². The Labute approximate surface area is 116 Å². The van der Waals surface area contributed by atoms with Crippen LogP contribution in [0.25, 0.3) is 10.2 Å². The quantitative estimate of drug-likeness (QED) is 0.935. The molecule has 1 aromatic heterocycles. The number of anilines is 1. The Hall–Kier alpha value is -1.17. The first-order valence-corrected chi connectivity index (χ1v) is 7.43. The standard InChI is InChI=1S/C14H18N2O2S/c1-10(17)8-11-9-18-7-6-16(11)14-15-12-4-2-3-5-13(12)19-14/h2-5,10-11,17H,6-9H2,1H3. The maximum Gasteiger partial charge on any atom is 0.186 e. The van der Waals surface area contributed by atoms with Crippen molar-refractivity contribution in [1.82, 2.24) is 4.98 Å². The highest BCUT2D eigenvalue weighted by atomic mass is 32.1. The minimum atomic E-state index is -0.316. The molecule has 0 radical (unpaired) electrons. The minimum Gasteiger partial charge on any atom is -0.393 e. The molecule has 2 atom stereocenters. The number of fused-ring (bicyclic) bond motifs is 1. The SMILES string of the molecule is CC(O)CC1COCCN1c1nc2ccccc2s1. The fraction of sp³-hybridized carbons (Fsp3) is 0.500. The number of aliphatic hydroxyl groups is 1. The highest BCUT2D eigenvalue weighted by Crippen LogP contribution is 2.31. The Kier molecular flexibility index (Phi) is 3.68. The van der Waals surface area contributed by atoms with Crippen LogP contribution >= 0.6 is 11.3 Å². The van der Waals surface area contributed by atoms with E-state index in [2.05, 4.69) is 11.0 Å². The molecule has 2 aromatic rings. The largest absolute Gasteiger partial charge is 0.393 e. The summed E-state index contributed by atoms with van der Waals surface area (Å²) in [5.41, 5.74) is 1.05. The minimum absolute atomic E-state index is 0.217. The molecule has 0 saturated carbocycles. The fourth-order valence-corrected chi connectivity index (χ4v) is 3.54. The monoisotopic (exact) mass is 278 g/mol. The summed E-state index contributed by atoms with van der Waals surface area (Å²) in [7, 11) is 0. The first-order chi connectivity index (χ1) is 9.24. The smallest absolute Gasteiger partial charge is 0.186 e. The van der Waals surface area contributed by atoms with Crippen molar-refractivity contribution in [3.05, 3.63) is 24.3 Å². The van der Waals surface area contributed by atoms with Gasteiger partial charge in [0.25, 0.3) is 0 Å². The summed E-state index contributed by atoms with van der Waals surface area (Å²) in [6.07, 6.45) is 0.402. The zero-order valence-corrected chi connectivity index (χ0v) is 11.8. The summed E-state index contributed by atoms with van der Waals surface area (Å²) in [6, 6.07) is 8.41. The maximum absolute atomic E-state index is 9.61. The number of ether oxygens (including phenoxy) is 1. The molecule has 4 nitrogen and oxygen atoms in total. The van der Waals surface area contributed by atoms with Crippen LogP contribution in [-0.4, -0.2) is 42.0 Å². The van der Waals surface area contributed by atoms with Gasteiger partial charge in [-0.1, -0.05) is 23.5 Å². The molecule has 102 valence electrons. The van der Waals surface area contributed by atoms with E-state index in [4.69, 9.17) is 9.72 Å². The molecule has 1 saturated heterocycles. The number of para-hydroxylation sites is 1. The van der Waals surface area contributed by atoms with Crippen LogP contribution in [0.2, 0.25) is 0 Å². The Morgan fingerprint density at radius 1 is 1.53 bits per heavy atom. The third-order valence-electron chi connectivity index (χ3n) is 3.37. The van der Waals surface area contributed by atoms with Crippen LogP contribution in [0.4, 0.5) is 5.13 Å². The maximum atomic E-state index is 9.61. The highest BCUT2D eigenvalue weighted by molar-refractivity contribution is 7.22. The number of morpholine rings is 1. The molecule has 1 aromatic carbocycles. The lowest BCUT2D eigenvalue weighted by Crippen LogP contribution is -2.46. The number of aliphatic hydroxyl groups excluding tert-OH is 1. The van der Waals surface area contributed by atoms with Gasteiger partial charge in [0.15, 0.2) is 5.13 Å². The van der Waals surface area contributed by atoms with Crippen LogP contribution in [0.5, 0.6) is 0 Å². The van der Waals surface area contributed by atoms with Gasteiger partial charge in [-0.05, 0) is 25.5 Å². The molecule has 19 heavy (non-hydrogen) atoms. The van der Waals surface area contributed by atoms with Crippen molar-refractivity contribution in [2.75, 3.05) is 24.7 Å². The van der Waals surface area contributed by atoms with Gasteiger partial charge < -0.3 is 14.7 Å². The van der Waals surface area contributed by atoms with Gasteiger partial charge in [0.1, 0.15) is 0 Å². The molecule has 0 bridgehead atoms. The average molecular weight is 278 g/mol. The van der Waals surface area contributed by atoms with Gasteiger partial charge in [-0.3, -0.25) is 0 Å². The van der Waals surface area contributed by atoms with E-state index in [0.717, 1.165) is 30.2 Å². The van der Waals surface area contributed by atoms with Gasteiger partial charge in [0, 0.05) is 6.54 Å². The van der Waals surface area contributed by atoms with Crippen molar-refractivity contribution in [2.24, 2.45) is 0 Å². The third kappa shape index (κ3) is 2.73. The molecule has 1 fully saturated rings. The van der Waals surface area contributed by atoms with Crippen LogP contribution in [0.3, 0.4) is 0 Å². The van der Waals surface area contributed by atoms with Crippen molar-refractivity contribution in [2.45, 2.75) is 25.5 Å². The Morgan fingerprint density at radius 3 is 3.16 bits per heavy atom. The molecule has 3 rings (SSSR count). The number of hydrogen-bond donors (Lipinski definition) is 1. The first kappa shape index (κ1) is 12.8. The lowest BCUT2D eigenvalue weighted by molar-refractivity contribution is 0.0722. The second kappa shape index (κ2) is 5.45. The zero-order chi connectivity index (χ0) is 13.2. The molecule has 2 heterocycles. The molecular weight excluding hydrogens is 260 g/mol. The number of nitrogens with zero attached hydrogens (tertiary/aromatic N) is 2. The topological polar surface area (TPSA) is 45.6 Å². The van der Waals surface area contributed by atoms with E-state index >= 15 is 0 Å². The summed E-state index contributed by atoms with van der Waals surface area (Å²) < 4.78 is 6.74. The van der Waals surface area contributed by atoms with Crippen molar-refractivity contribution in [1.29, 1.82) is 0 Å². The van der Waals surface area contributed by atoms with E-state index in [0.29, 0.717) is 6.61 Å². The van der Waals surface area contributed by atoms with Crippen molar-refractivity contribution < 1.29 is 9.84 Å². The average Bonchev–Trinajstić information content (AvgIpc) is 2.82. The van der Waals surface area contributed by atoms with Gasteiger partial charge in [-0.15, -0.1) is 0 Å². The van der Waals surface area contributed by atoms with Crippen molar-refractivity contribution in [3.8, 4) is 0 Å². The molecule has 1 N–H and O–H groups in total. The van der Waals surface area contributed by atoms with E-state index in [1.54, 1.807) is 11.3 Å². The van der Waals surface area contributed by atoms with Gasteiger partial charge in [0.05, 0.1) is 35.6 Å². The van der Waals surface area contributed by atoms with Crippen LogP contribution in [0, 0.1) is 0 Å². The lowest BCUT2D eigenvalue weighted by atomic mass is 10.1.